The first-order chi connectivity index (χ1) is 5.50. The third-order valence-corrected chi connectivity index (χ3v) is 1.88. The third kappa shape index (κ3) is 3.13. The molecule has 0 aromatic heterocycles. The number of carboxylic acids is 1. The number of aliphatic carboxylic acids is 1. The van der Waals surface area contributed by atoms with Crippen LogP contribution in [0.1, 0.15) is 13.3 Å². The van der Waals surface area contributed by atoms with E-state index in [1.54, 1.807) is 0 Å². The second kappa shape index (κ2) is 5.03. The molecule has 70 valence electrons. The number of thiol groups is 1. The van der Waals surface area contributed by atoms with Crippen LogP contribution in [-0.2, 0) is 9.59 Å². The van der Waals surface area contributed by atoms with Crippen molar-refractivity contribution in [1.29, 1.82) is 0 Å². The monoisotopic (exact) mass is 191 g/mol. The molecule has 0 aliphatic heterocycles. The van der Waals surface area contributed by atoms with Gasteiger partial charge in [-0.15, -0.1) is 0 Å². The maximum Gasteiger partial charge on any atom is 0.326 e. The molecule has 12 heavy (non-hydrogen) atoms. The second-order valence-electron chi connectivity index (χ2n) is 2.49. The van der Waals surface area contributed by atoms with Gasteiger partial charge < -0.3 is 10.0 Å². The highest BCUT2D eigenvalue weighted by molar-refractivity contribution is 7.80. The van der Waals surface area contributed by atoms with Crippen molar-refractivity contribution in [3.8, 4) is 0 Å². The van der Waals surface area contributed by atoms with Crippen molar-refractivity contribution >= 4 is 24.5 Å². The van der Waals surface area contributed by atoms with E-state index in [1.165, 1.54) is 18.9 Å². The van der Waals surface area contributed by atoms with Crippen molar-refractivity contribution < 1.29 is 14.7 Å². The van der Waals surface area contributed by atoms with E-state index >= 15 is 0 Å². The van der Waals surface area contributed by atoms with Crippen molar-refractivity contribution in [2.45, 2.75) is 19.4 Å². The zero-order chi connectivity index (χ0) is 9.72. The van der Waals surface area contributed by atoms with Gasteiger partial charge in [0.1, 0.15) is 6.04 Å². The highest BCUT2D eigenvalue weighted by Crippen LogP contribution is 1.99. The lowest BCUT2D eigenvalue weighted by atomic mass is 10.3. The number of nitrogens with zero attached hydrogens (tertiary/aromatic N) is 1. The predicted octanol–water partition coefficient (Wildman–Crippen LogP) is 0.238. The normalized spacial score (nSPS) is 12.2. The summed E-state index contributed by atoms with van der Waals surface area (Å²) >= 11 is 3.88. The smallest absolute Gasteiger partial charge is 0.326 e. The van der Waals surface area contributed by atoms with E-state index in [9.17, 15) is 9.59 Å². The number of carbonyl (C=O) groups excluding carboxylic acids is 1. The fraction of sp³-hybridized carbons (Fsp3) is 0.714. The van der Waals surface area contributed by atoms with Gasteiger partial charge >= 0.3 is 5.97 Å². The van der Waals surface area contributed by atoms with E-state index in [0.717, 1.165) is 0 Å². The van der Waals surface area contributed by atoms with Crippen LogP contribution < -0.4 is 0 Å². The zero-order valence-corrected chi connectivity index (χ0v) is 8.04. The van der Waals surface area contributed by atoms with E-state index in [0.29, 0.717) is 5.75 Å². The Labute approximate surface area is 77.0 Å². The predicted molar refractivity (Wildman–Crippen MR) is 48.3 cm³/mol. The van der Waals surface area contributed by atoms with Gasteiger partial charge in [0.2, 0.25) is 5.91 Å². The lowest BCUT2D eigenvalue weighted by Gasteiger charge is -2.20. The number of hydrogen-bond acceptors (Lipinski definition) is 3. The van der Waals surface area contributed by atoms with Crippen LogP contribution in [0, 0.1) is 0 Å². The summed E-state index contributed by atoms with van der Waals surface area (Å²) in [6.45, 7) is 1.47. The molecule has 4 nitrogen and oxygen atoms in total. The third-order valence-electron chi connectivity index (χ3n) is 1.66. The van der Waals surface area contributed by atoms with Gasteiger partial charge in [0.05, 0.1) is 0 Å². The van der Waals surface area contributed by atoms with Crippen LogP contribution in [-0.4, -0.2) is 40.7 Å². The van der Waals surface area contributed by atoms with Crippen LogP contribution >= 0.6 is 12.6 Å². The number of likely N-dealkylation sites (N-methyl/N-ethyl adjacent to an activating group) is 1. The Kier molecular flexibility index (Phi) is 4.73. The first-order valence-corrected chi connectivity index (χ1v) is 4.23. The summed E-state index contributed by atoms with van der Waals surface area (Å²) in [5.74, 6) is -0.750. The van der Waals surface area contributed by atoms with Crippen LogP contribution in [0.2, 0.25) is 0 Å². The lowest BCUT2D eigenvalue weighted by Crippen LogP contribution is -2.40. The molecule has 0 fully saturated rings. The fourth-order valence-corrected chi connectivity index (χ4v) is 0.845. The number of carboxylic acid groups (broad SMARTS) is 1. The molecule has 0 aliphatic carbocycles. The molecule has 0 bridgehead atoms. The standard InChI is InChI=1S/C7H13NO3S/c1-5(7(10)11)8(2)6(9)3-4-12/h5,12H,3-4H2,1-2H3,(H,10,11)/t5-/m1/s1. The molecule has 5 heteroatoms. The first kappa shape index (κ1) is 11.3. The topological polar surface area (TPSA) is 57.6 Å². The molecule has 0 aliphatic rings. The van der Waals surface area contributed by atoms with Crippen molar-refractivity contribution in [3.05, 3.63) is 0 Å². The Bertz CT molecular complexity index is 183. The Morgan fingerprint density at radius 2 is 2.08 bits per heavy atom. The van der Waals surface area contributed by atoms with Gasteiger partial charge in [-0.2, -0.15) is 12.6 Å². The summed E-state index contributed by atoms with van der Waals surface area (Å²) in [7, 11) is 1.48. The van der Waals surface area contributed by atoms with E-state index in [-0.39, 0.29) is 12.3 Å². The van der Waals surface area contributed by atoms with Gasteiger partial charge in [0, 0.05) is 13.5 Å². The Balaban J connectivity index is 4.09. The summed E-state index contributed by atoms with van der Waals surface area (Å²) < 4.78 is 0. The van der Waals surface area contributed by atoms with Gasteiger partial charge in [-0.25, -0.2) is 4.79 Å². The minimum Gasteiger partial charge on any atom is -0.480 e. The maximum atomic E-state index is 11.1. The van der Waals surface area contributed by atoms with Crippen molar-refractivity contribution in [3.63, 3.8) is 0 Å². The largest absolute Gasteiger partial charge is 0.480 e. The molecule has 1 N–H and O–H groups in total. The number of amides is 1. The quantitative estimate of drug-likeness (QED) is 0.626. The van der Waals surface area contributed by atoms with Gasteiger partial charge in [-0.05, 0) is 12.7 Å². The minimum absolute atomic E-state index is 0.195. The molecule has 0 spiro atoms. The van der Waals surface area contributed by atoms with Gasteiger partial charge in [-0.1, -0.05) is 0 Å². The van der Waals surface area contributed by atoms with Crippen LogP contribution in [0.3, 0.4) is 0 Å². The molecule has 1 atom stereocenters. The lowest BCUT2D eigenvalue weighted by molar-refractivity contribution is -0.148. The summed E-state index contributed by atoms with van der Waals surface area (Å²) in [5, 5.41) is 8.56. The second-order valence-corrected chi connectivity index (χ2v) is 2.94. The zero-order valence-electron chi connectivity index (χ0n) is 7.15. The van der Waals surface area contributed by atoms with Crippen molar-refractivity contribution in [1.82, 2.24) is 4.90 Å². The SMILES string of the molecule is C[C@H](C(=O)O)N(C)C(=O)CCS. The minimum atomic E-state index is -0.995. The van der Waals surface area contributed by atoms with Crippen LogP contribution in [0.4, 0.5) is 0 Å². The summed E-state index contributed by atoms with van der Waals surface area (Å²) in [6.07, 6.45) is 0.275. The molecule has 0 saturated carbocycles. The molecule has 0 aromatic rings. The van der Waals surface area contributed by atoms with Crippen LogP contribution in [0.25, 0.3) is 0 Å². The average molecular weight is 191 g/mol. The molecule has 0 saturated heterocycles. The van der Waals surface area contributed by atoms with E-state index in [1.807, 2.05) is 0 Å². The average Bonchev–Trinajstić information content (AvgIpc) is 2.02. The Morgan fingerprint density at radius 3 is 2.42 bits per heavy atom. The maximum absolute atomic E-state index is 11.1. The molecule has 0 unspecified atom stereocenters. The Morgan fingerprint density at radius 1 is 1.58 bits per heavy atom. The fourth-order valence-electron chi connectivity index (χ4n) is 0.654. The highest BCUT2D eigenvalue weighted by Gasteiger charge is 2.20. The van der Waals surface area contributed by atoms with E-state index in [2.05, 4.69) is 12.6 Å². The molecule has 0 rings (SSSR count). The first-order valence-electron chi connectivity index (χ1n) is 3.60. The number of carbonyl (C=O) groups is 2. The van der Waals surface area contributed by atoms with Crippen molar-refractivity contribution in [2.24, 2.45) is 0 Å². The number of hydrogen-bond donors (Lipinski definition) is 2. The van der Waals surface area contributed by atoms with Gasteiger partial charge in [0.15, 0.2) is 0 Å². The van der Waals surface area contributed by atoms with Gasteiger partial charge in [-0.3, -0.25) is 4.79 Å². The van der Waals surface area contributed by atoms with E-state index < -0.39 is 12.0 Å². The van der Waals surface area contributed by atoms with Crippen LogP contribution in [0.15, 0.2) is 0 Å². The summed E-state index contributed by atoms with van der Waals surface area (Å²) in [5.41, 5.74) is 0. The van der Waals surface area contributed by atoms with Crippen molar-refractivity contribution in [2.75, 3.05) is 12.8 Å². The summed E-state index contributed by atoms with van der Waals surface area (Å²) in [4.78, 5) is 22.7. The van der Waals surface area contributed by atoms with Gasteiger partial charge in [0.25, 0.3) is 0 Å². The molecule has 1 amide bonds. The molecule has 0 heterocycles. The molecular formula is C7H13NO3S. The molecule has 0 aromatic carbocycles. The Hall–Kier alpha value is -0.710. The molecule has 0 radical (unpaired) electrons. The molecular weight excluding hydrogens is 178 g/mol. The van der Waals surface area contributed by atoms with E-state index in [4.69, 9.17) is 5.11 Å². The highest BCUT2D eigenvalue weighted by atomic mass is 32.1. The number of rotatable bonds is 4. The van der Waals surface area contributed by atoms with Crippen LogP contribution in [0.5, 0.6) is 0 Å². The summed E-state index contributed by atoms with van der Waals surface area (Å²) in [6, 6.07) is -0.766.